The minimum absolute atomic E-state index is 0.0460. The number of anilines is 1. The fourth-order valence-corrected chi connectivity index (χ4v) is 3.44. The molecular weight excluding hydrogens is 469 g/mol. The van der Waals surface area contributed by atoms with Crippen molar-refractivity contribution in [3.8, 4) is 17.6 Å². The van der Waals surface area contributed by atoms with Gasteiger partial charge in [-0.2, -0.15) is 0 Å². The van der Waals surface area contributed by atoms with E-state index in [9.17, 15) is 23.1 Å². The van der Waals surface area contributed by atoms with E-state index in [1.807, 2.05) is 0 Å². The molecule has 9 heteroatoms. The average Bonchev–Trinajstić information content (AvgIpc) is 2.86. The number of nitrogens with two attached hydrogens (primary N) is 1. The largest absolute Gasteiger partial charge is 0.508 e. The number of hydrogen-bond acceptors (Lipinski definition) is 5. The molecule has 1 amide bonds. The second kappa shape index (κ2) is 10.2. The van der Waals surface area contributed by atoms with Gasteiger partial charge in [-0.05, 0) is 61.0 Å². The second-order valence-electron chi connectivity index (χ2n) is 7.84. The number of nitrogens with zero attached hydrogens (tertiary/aromatic N) is 2. The highest BCUT2D eigenvalue weighted by Crippen LogP contribution is 2.30. The smallest absolute Gasteiger partial charge is 0.270 e. The summed E-state index contributed by atoms with van der Waals surface area (Å²) in [5.41, 5.74) is 6.17. The zero-order valence-corrected chi connectivity index (χ0v) is 18.9. The first-order valence-corrected chi connectivity index (χ1v) is 10.7. The number of nitrogens with one attached hydrogen (secondary N) is 1. The molecule has 4 N–H and O–H groups in total. The number of carbonyl (C=O) groups is 1. The van der Waals surface area contributed by atoms with Crippen LogP contribution in [0, 0.1) is 36.2 Å². The monoisotopic (exact) mass is 488 g/mol. The number of pyridine rings is 2. The Morgan fingerprint density at radius 3 is 2.42 bits per heavy atom. The van der Waals surface area contributed by atoms with Crippen LogP contribution in [0.2, 0.25) is 0 Å². The molecule has 6 nitrogen and oxygen atoms in total. The van der Waals surface area contributed by atoms with Gasteiger partial charge in [0.05, 0.1) is 17.3 Å². The highest BCUT2D eigenvalue weighted by molar-refractivity contribution is 5.93. The Hall–Kier alpha value is -4.84. The third-order valence-electron chi connectivity index (χ3n) is 5.26. The van der Waals surface area contributed by atoms with E-state index in [4.69, 9.17) is 5.73 Å². The maximum absolute atomic E-state index is 14.7. The van der Waals surface area contributed by atoms with Crippen molar-refractivity contribution in [2.24, 2.45) is 0 Å². The summed E-state index contributed by atoms with van der Waals surface area (Å²) in [4.78, 5) is 21.1. The van der Waals surface area contributed by atoms with E-state index in [-0.39, 0.29) is 28.3 Å². The molecule has 0 fully saturated rings. The standard InChI is InChI=1S/C27H19F3N4O2/c1-15-25(30)18(4-2-16-3-11-24(31)32-14-16)12-22(33-15)27(36)34-26(17-5-7-19(28)8-6-17)21-13-20(29)9-10-23(21)35/h3,5-14,26,35H,1H3,(H2,31,32)(H,34,36). The molecule has 1 unspecified atom stereocenters. The van der Waals surface area contributed by atoms with Gasteiger partial charge in [0.15, 0.2) is 5.82 Å². The predicted octanol–water partition coefficient (Wildman–Crippen LogP) is 4.41. The number of phenols is 1. The molecular formula is C27H19F3N4O2. The molecule has 0 spiro atoms. The van der Waals surface area contributed by atoms with Crippen LogP contribution in [0.25, 0.3) is 0 Å². The van der Waals surface area contributed by atoms with Gasteiger partial charge in [0, 0.05) is 17.3 Å². The first kappa shape index (κ1) is 24.3. The van der Waals surface area contributed by atoms with Crippen molar-refractivity contribution in [3.63, 3.8) is 0 Å². The number of nitrogen functional groups attached to an aromatic ring is 1. The lowest BCUT2D eigenvalue weighted by Crippen LogP contribution is -2.30. The second-order valence-corrected chi connectivity index (χ2v) is 7.84. The van der Waals surface area contributed by atoms with E-state index in [2.05, 4.69) is 27.1 Å². The SMILES string of the molecule is Cc1nc(C(=O)NC(c2ccc(F)cc2)c2cc(F)ccc2O)cc(C#Cc2ccc(N)nc2)c1F. The van der Waals surface area contributed by atoms with Crippen LogP contribution in [0.1, 0.15) is 44.5 Å². The first-order valence-electron chi connectivity index (χ1n) is 10.7. The van der Waals surface area contributed by atoms with Crippen LogP contribution >= 0.6 is 0 Å². The number of halogens is 3. The van der Waals surface area contributed by atoms with Gasteiger partial charge < -0.3 is 16.2 Å². The molecule has 2 aromatic heterocycles. The van der Waals surface area contributed by atoms with Gasteiger partial charge >= 0.3 is 0 Å². The van der Waals surface area contributed by atoms with Gasteiger partial charge in [-0.3, -0.25) is 4.79 Å². The zero-order valence-electron chi connectivity index (χ0n) is 18.9. The minimum atomic E-state index is -1.06. The van der Waals surface area contributed by atoms with E-state index >= 15 is 0 Å². The van der Waals surface area contributed by atoms with Gasteiger partial charge in [0.1, 0.15) is 28.9 Å². The Bertz CT molecular complexity index is 1490. The highest BCUT2D eigenvalue weighted by Gasteiger charge is 2.23. The molecule has 0 aliphatic carbocycles. The maximum Gasteiger partial charge on any atom is 0.270 e. The molecule has 2 heterocycles. The Kier molecular flexibility index (Phi) is 6.88. The van der Waals surface area contributed by atoms with Gasteiger partial charge in [-0.15, -0.1) is 0 Å². The summed E-state index contributed by atoms with van der Waals surface area (Å²) >= 11 is 0. The Labute approximate surface area is 204 Å². The Balaban J connectivity index is 1.70. The normalized spacial score (nSPS) is 11.3. The van der Waals surface area contributed by atoms with E-state index < -0.39 is 29.4 Å². The van der Waals surface area contributed by atoms with Gasteiger partial charge in [-0.25, -0.2) is 23.1 Å². The van der Waals surface area contributed by atoms with E-state index in [1.165, 1.54) is 43.5 Å². The van der Waals surface area contributed by atoms with E-state index in [0.29, 0.717) is 16.9 Å². The summed E-state index contributed by atoms with van der Waals surface area (Å²) in [6.07, 6.45) is 1.43. The fourth-order valence-electron chi connectivity index (χ4n) is 3.44. The molecule has 0 saturated carbocycles. The van der Waals surface area contributed by atoms with Crippen molar-refractivity contribution in [1.29, 1.82) is 0 Å². The summed E-state index contributed by atoms with van der Waals surface area (Å²) in [5.74, 6) is 2.86. The number of phenolic OH excluding ortho intramolecular Hbond substituents is 1. The number of aromatic hydroxyl groups is 1. The maximum atomic E-state index is 14.7. The molecule has 4 rings (SSSR count). The zero-order chi connectivity index (χ0) is 25.8. The van der Waals surface area contributed by atoms with Crippen LogP contribution in [-0.4, -0.2) is 21.0 Å². The number of carbonyl (C=O) groups excluding carboxylic acids is 1. The molecule has 180 valence electrons. The molecule has 0 bridgehead atoms. The van der Waals surface area contributed by atoms with E-state index in [1.54, 1.807) is 12.1 Å². The molecule has 1 atom stereocenters. The van der Waals surface area contributed by atoms with Crippen LogP contribution in [-0.2, 0) is 0 Å². The summed E-state index contributed by atoms with van der Waals surface area (Å²) < 4.78 is 42.2. The van der Waals surface area contributed by atoms with Crippen LogP contribution in [0.15, 0.2) is 66.9 Å². The minimum Gasteiger partial charge on any atom is -0.508 e. The number of rotatable bonds is 4. The third kappa shape index (κ3) is 5.45. The van der Waals surface area contributed by atoms with Crippen molar-refractivity contribution < 1.29 is 23.1 Å². The number of aromatic nitrogens is 2. The lowest BCUT2D eigenvalue weighted by molar-refractivity contribution is 0.0937. The summed E-state index contributed by atoms with van der Waals surface area (Å²) in [7, 11) is 0. The Morgan fingerprint density at radius 1 is 1.00 bits per heavy atom. The highest BCUT2D eigenvalue weighted by atomic mass is 19.1. The molecule has 36 heavy (non-hydrogen) atoms. The summed E-state index contributed by atoms with van der Waals surface area (Å²) in [6, 6.07) is 11.7. The lowest BCUT2D eigenvalue weighted by atomic mass is 9.97. The quantitative estimate of drug-likeness (QED) is 0.370. The lowest BCUT2D eigenvalue weighted by Gasteiger charge is -2.21. The van der Waals surface area contributed by atoms with Crippen molar-refractivity contribution in [2.45, 2.75) is 13.0 Å². The van der Waals surface area contributed by atoms with Gasteiger partial charge in [0.2, 0.25) is 0 Å². The van der Waals surface area contributed by atoms with Crippen molar-refractivity contribution in [1.82, 2.24) is 15.3 Å². The molecule has 0 saturated heterocycles. The number of amides is 1. The topological polar surface area (TPSA) is 101 Å². The fraction of sp³-hybridized carbons (Fsp3) is 0.0741. The third-order valence-corrected chi connectivity index (χ3v) is 5.26. The van der Waals surface area contributed by atoms with Gasteiger partial charge in [0.25, 0.3) is 5.91 Å². The van der Waals surface area contributed by atoms with Crippen LogP contribution in [0.3, 0.4) is 0 Å². The molecule has 2 aromatic carbocycles. The Morgan fingerprint density at radius 2 is 1.72 bits per heavy atom. The van der Waals surface area contributed by atoms with Crippen LogP contribution < -0.4 is 11.1 Å². The van der Waals surface area contributed by atoms with Crippen molar-refractivity contribution >= 4 is 11.7 Å². The molecule has 0 radical (unpaired) electrons. The molecule has 0 aliphatic heterocycles. The molecule has 0 aliphatic rings. The first-order chi connectivity index (χ1) is 17.2. The van der Waals surface area contributed by atoms with Gasteiger partial charge in [-0.1, -0.05) is 24.0 Å². The number of aryl methyl sites for hydroxylation is 1. The predicted molar refractivity (Wildman–Crippen MR) is 127 cm³/mol. The average molecular weight is 488 g/mol. The van der Waals surface area contributed by atoms with E-state index in [0.717, 1.165) is 18.2 Å². The van der Waals surface area contributed by atoms with Crippen molar-refractivity contribution in [2.75, 3.05) is 5.73 Å². The number of hydrogen-bond donors (Lipinski definition) is 3. The summed E-state index contributed by atoms with van der Waals surface area (Å²) in [6.45, 7) is 1.39. The van der Waals surface area contributed by atoms with Crippen LogP contribution in [0.5, 0.6) is 5.75 Å². The molecule has 4 aromatic rings. The summed E-state index contributed by atoms with van der Waals surface area (Å²) in [5, 5.41) is 13.0. The van der Waals surface area contributed by atoms with Crippen molar-refractivity contribution in [3.05, 3.63) is 118 Å². The van der Waals surface area contributed by atoms with Crippen LogP contribution in [0.4, 0.5) is 19.0 Å². The number of benzene rings is 2.